The normalized spacial score (nSPS) is 10.8. The third-order valence-electron chi connectivity index (χ3n) is 3.98. The smallest absolute Gasteiger partial charge is 0.224 e. The molecule has 0 spiro atoms. The minimum Gasteiger partial charge on any atom is -0.326 e. The van der Waals surface area contributed by atoms with Crippen molar-refractivity contribution in [2.24, 2.45) is 7.05 Å². The van der Waals surface area contributed by atoms with Crippen LogP contribution in [0, 0.1) is 13.8 Å². The highest BCUT2D eigenvalue weighted by molar-refractivity contribution is 7.09. The molecule has 3 aromatic rings. The lowest BCUT2D eigenvalue weighted by atomic mass is 10.1. The van der Waals surface area contributed by atoms with Crippen molar-refractivity contribution in [2.75, 3.05) is 5.32 Å². The molecule has 0 aliphatic carbocycles. The molecule has 124 valence electrons. The van der Waals surface area contributed by atoms with E-state index in [4.69, 9.17) is 0 Å². The Hall–Kier alpha value is -2.54. The SMILES string of the molecule is Cc1ncsc1CCC(=O)Nc1cccc(-c2nncn2C)c1C. The van der Waals surface area contributed by atoms with Gasteiger partial charge in [0.15, 0.2) is 5.82 Å². The molecule has 1 amide bonds. The summed E-state index contributed by atoms with van der Waals surface area (Å²) in [5, 5.41) is 11.1. The fraction of sp³-hybridized carbons (Fsp3) is 0.294. The number of nitrogens with one attached hydrogen (secondary N) is 1. The number of carbonyl (C=O) groups is 1. The topological polar surface area (TPSA) is 72.7 Å². The summed E-state index contributed by atoms with van der Waals surface area (Å²) in [6, 6.07) is 5.81. The second-order valence-corrected chi connectivity index (χ2v) is 6.59. The van der Waals surface area contributed by atoms with Crippen molar-refractivity contribution in [2.45, 2.75) is 26.7 Å². The van der Waals surface area contributed by atoms with Crippen LogP contribution in [0.5, 0.6) is 0 Å². The van der Waals surface area contributed by atoms with E-state index in [1.54, 1.807) is 17.7 Å². The van der Waals surface area contributed by atoms with Gasteiger partial charge in [-0.3, -0.25) is 4.79 Å². The Kier molecular flexibility index (Phi) is 4.71. The van der Waals surface area contributed by atoms with Gasteiger partial charge in [-0.25, -0.2) is 4.98 Å². The molecular formula is C17H19N5OS. The number of aryl methyl sites for hydroxylation is 3. The summed E-state index contributed by atoms with van der Waals surface area (Å²) in [6.07, 6.45) is 2.82. The van der Waals surface area contributed by atoms with E-state index < -0.39 is 0 Å². The van der Waals surface area contributed by atoms with E-state index in [1.165, 1.54) is 0 Å². The summed E-state index contributed by atoms with van der Waals surface area (Å²) in [6.45, 7) is 3.95. The highest BCUT2D eigenvalue weighted by Crippen LogP contribution is 2.27. The zero-order valence-electron chi connectivity index (χ0n) is 13.9. The molecule has 0 aliphatic rings. The number of amides is 1. The van der Waals surface area contributed by atoms with Gasteiger partial charge < -0.3 is 9.88 Å². The van der Waals surface area contributed by atoms with E-state index in [9.17, 15) is 4.79 Å². The van der Waals surface area contributed by atoms with Crippen LogP contribution >= 0.6 is 11.3 Å². The zero-order valence-corrected chi connectivity index (χ0v) is 14.7. The molecule has 6 nitrogen and oxygen atoms in total. The van der Waals surface area contributed by atoms with Crippen LogP contribution in [0.15, 0.2) is 30.0 Å². The monoisotopic (exact) mass is 341 g/mol. The molecule has 0 aliphatic heterocycles. The molecule has 0 unspecified atom stereocenters. The first-order valence-electron chi connectivity index (χ1n) is 7.69. The summed E-state index contributed by atoms with van der Waals surface area (Å²) in [7, 11) is 1.90. The Morgan fingerprint density at radius 1 is 1.33 bits per heavy atom. The first kappa shape index (κ1) is 16.3. The number of rotatable bonds is 5. The summed E-state index contributed by atoms with van der Waals surface area (Å²) in [5.41, 5.74) is 5.58. The summed E-state index contributed by atoms with van der Waals surface area (Å²) >= 11 is 1.59. The predicted molar refractivity (Wildman–Crippen MR) is 95.0 cm³/mol. The first-order valence-corrected chi connectivity index (χ1v) is 8.57. The Morgan fingerprint density at radius 2 is 2.17 bits per heavy atom. The molecule has 0 atom stereocenters. The van der Waals surface area contributed by atoms with Gasteiger partial charge in [-0.1, -0.05) is 12.1 Å². The highest BCUT2D eigenvalue weighted by atomic mass is 32.1. The molecule has 0 bridgehead atoms. The van der Waals surface area contributed by atoms with Gasteiger partial charge >= 0.3 is 0 Å². The number of aromatic nitrogens is 4. The van der Waals surface area contributed by atoms with Crippen molar-refractivity contribution in [1.82, 2.24) is 19.7 Å². The molecule has 0 fully saturated rings. The van der Waals surface area contributed by atoms with Gasteiger partial charge in [0.1, 0.15) is 6.33 Å². The third-order valence-corrected chi connectivity index (χ3v) is 4.98. The number of carbonyl (C=O) groups excluding carboxylic acids is 1. The molecule has 1 aromatic carbocycles. The molecule has 2 heterocycles. The van der Waals surface area contributed by atoms with Gasteiger partial charge in [0.25, 0.3) is 0 Å². The van der Waals surface area contributed by atoms with E-state index in [1.807, 2.05) is 49.2 Å². The van der Waals surface area contributed by atoms with E-state index in [-0.39, 0.29) is 5.91 Å². The lowest BCUT2D eigenvalue weighted by Gasteiger charge is -2.12. The zero-order chi connectivity index (χ0) is 17.1. The number of nitrogens with zero attached hydrogens (tertiary/aromatic N) is 4. The minimum atomic E-state index is 0.000940. The largest absolute Gasteiger partial charge is 0.326 e. The Morgan fingerprint density at radius 3 is 2.83 bits per heavy atom. The van der Waals surface area contributed by atoms with Crippen LogP contribution in [0.3, 0.4) is 0 Å². The van der Waals surface area contributed by atoms with Crippen LogP contribution < -0.4 is 5.32 Å². The second-order valence-electron chi connectivity index (χ2n) is 5.65. The third kappa shape index (κ3) is 3.35. The van der Waals surface area contributed by atoms with Crippen molar-refractivity contribution in [3.8, 4) is 11.4 Å². The fourth-order valence-electron chi connectivity index (χ4n) is 2.55. The Balaban J connectivity index is 1.72. The number of benzene rings is 1. The van der Waals surface area contributed by atoms with E-state index >= 15 is 0 Å². The molecule has 0 saturated carbocycles. The Bertz CT molecular complexity index is 868. The maximum atomic E-state index is 12.3. The maximum absolute atomic E-state index is 12.3. The van der Waals surface area contributed by atoms with E-state index in [0.29, 0.717) is 12.8 Å². The standard InChI is InChI=1S/C17H19N5OS/c1-11-13(17-21-19-9-22(17)3)5-4-6-14(11)20-16(23)8-7-15-12(2)18-10-24-15/h4-6,9-10H,7-8H2,1-3H3,(H,20,23). The number of hydrogen-bond donors (Lipinski definition) is 1. The molecule has 24 heavy (non-hydrogen) atoms. The van der Waals surface area contributed by atoms with Gasteiger partial charge in [-0.15, -0.1) is 21.5 Å². The molecule has 3 rings (SSSR count). The lowest BCUT2D eigenvalue weighted by molar-refractivity contribution is -0.116. The van der Waals surface area contributed by atoms with Crippen molar-refractivity contribution >= 4 is 22.9 Å². The van der Waals surface area contributed by atoms with Crippen LogP contribution in [0.2, 0.25) is 0 Å². The molecular weight excluding hydrogens is 322 g/mol. The molecule has 0 saturated heterocycles. The molecule has 1 N–H and O–H groups in total. The van der Waals surface area contributed by atoms with Crippen molar-refractivity contribution in [1.29, 1.82) is 0 Å². The summed E-state index contributed by atoms with van der Waals surface area (Å²) in [4.78, 5) is 17.7. The molecule has 7 heteroatoms. The van der Waals surface area contributed by atoms with Crippen LogP contribution in [0.4, 0.5) is 5.69 Å². The van der Waals surface area contributed by atoms with Gasteiger partial charge in [-0.05, 0) is 31.9 Å². The van der Waals surface area contributed by atoms with Crippen molar-refractivity contribution in [3.63, 3.8) is 0 Å². The predicted octanol–water partition coefficient (Wildman–Crippen LogP) is 3.13. The average molecular weight is 341 g/mol. The maximum Gasteiger partial charge on any atom is 0.224 e. The fourth-order valence-corrected chi connectivity index (χ4v) is 3.33. The quantitative estimate of drug-likeness (QED) is 0.774. The summed E-state index contributed by atoms with van der Waals surface area (Å²) < 4.78 is 1.86. The van der Waals surface area contributed by atoms with Gasteiger partial charge in [-0.2, -0.15) is 0 Å². The van der Waals surface area contributed by atoms with Crippen LogP contribution in [0.25, 0.3) is 11.4 Å². The van der Waals surface area contributed by atoms with Crippen LogP contribution in [-0.4, -0.2) is 25.7 Å². The van der Waals surface area contributed by atoms with Crippen molar-refractivity contribution in [3.05, 3.63) is 46.2 Å². The number of hydrogen-bond acceptors (Lipinski definition) is 5. The van der Waals surface area contributed by atoms with Crippen LogP contribution in [-0.2, 0) is 18.3 Å². The minimum absolute atomic E-state index is 0.000940. The first-order chi connectivity index (χ1) is 11.6. The van der Waals surface area contributed by atoms with Gasteiger partial charge in [0, 0.05) is 29.6 Å². The molecule has 0 radical (unpaired) electrons. The Labute approximate surface area is 144 Å². The van der Waals surface area contributed by atoms with Crippen molar-refractivity contribution < 1.29 is 4.79 Å². The van der Waals surface area contributed by atoms with E-state index in [2.05, 4.69) is 20.5 Å². The molecule has 2 aromatic heterocycles. The van der Waals surface area contributed by atoms with Gasteiger partial charge in [0.05, 0.1) is 11.2 Å². The van der Waals surface area contributed by atoms with Gasteiger partial charge in [0.2, 0.25) is 5.91 Å². The summed E-state index contributed by atoms with van der Waals surface area (Å²) in [5.74, 6) is 0.782. The highest BCUT2D eigenvalue weighted by Gasteiger charge is 2.13. The lowest BCUT2D eigenvalue weighted by Crippen LogP contribution is -2.13. The average Bonchev–Trinajstić information content (AvgIpc) is 3.16. The number of anilines is 1. The second kappa shape index (κ2) is 6.92. The van der Waals surface area contributed by atoms with E-state index in [0.717, 1.165) is 33.2 Å². The van der Waals surface area contributed by atoms with Crippen LogP contribution in [0.1, 0.15) is 22.6 Å². The number of thiazole rings is 1.